The van der Waals surface area contributed by atoms with E-state index in [0.29, 0.717) is 44.0 Å². The standard InChI is InChI=1S/C30H28F6N4O2.C2HF3O2/c31-29(32,33)22-13-19(14-23(15-22)30(34,35)36)18-42-25-11-12-40(17-26-37-28(41)39-38-26)16-24(25)27(20-7-3-1-4-8-20)21-9-5-2-6-10-21;3-2(4,5)1(6)7/h1-10,13-15,24-25,27H,11-12,16-18H2,(H2,37,38,39,41);(H,6,7)/t24-,25+;/m0./s1. The van der Waals surface area contributed by atoms with Crippen LogP contribution in [0.15, 0.2) is 83.7 Å². The van der Waals surface area contributed by atoms with Gasteiger partial charge in [0.1, 0.15) is 5.82 Å². The van der Waals surface area contributed by atoms with Crippen LogP contribution in [0.4, 0.5) is 39.5 Å². The third-order valence-electron chi connectivity index (χ3n) is 7.70. The topological polar surface area (TPSA) is 111 Å². The van der Waals surface area contributed by atoms with Crippen molar-refractivity contribution in [3.63, 3.8) is 0 Å². The fraction of sp³-hybridized carbons (Fsp3) is 0.344. The maximum Gasteiger partial charge on any atom is 0.490 e. The Morgan fingerprint density at radius 2 is 1.39 bits per heavy atom. The van der Waals surface area contributed by atoms with Crippen molar-refractivity contribution in [3.05, 3.63) is 123 Å². The monoisotopic (exact) mass is 704 g/mol. The number of nitrogens with zero attached hydrogens (tertiary/aromatic N) is 2. The number of benzene rings is 3. The number of hydrogen-bond donors (Lipinski definition) is 3. The predicted octanol–water partition coefficient (Wildman–Crippen LogP) is 7.01. The van der Waals surface area contributed by atoms with Crippen LogP contribution in [0.1, 0.15) is 46.0 Å². The van der Waals surface area contributed by atoms with Gasteiger partial charge >= 0.3 is 30.2 Å². The van der Waals surface area contributed by atoms with Crippen LogP contribution in [-0.2, 0) is 35.0 Å². The van der Waals surface area contributed by atoms with E-state index < -0.39 is 54.0 Å². The van der Waals surface area contributed by atoms with E-state index in [1.54, 1.807) is 0 Å². The zero-order valence-electron chi connectivity index (χ0n) is 25.2. The molecule has 49 heavy (non-hydrogen) atoms. The number of H-pyrrole nitrogens is 2. The molecular formula is C32H29F9N4O4. The van der Waals surface area contributed by atoms with Gasteiger partial charge in [0.2, 0.25) is 0 Å². The summed E-state index contributed by atoms with van der Waals surface area (Å²) in [6.45, 7) is 0.922. The number of rotatable bonds is 8. The Kier molecular flexibility index (Phi) is 11.6. The molecule has 8 nitrogen and oxygen atoms in total. The first-order valence-corrected chi connectivity index (χ1v) is 14.6. The molecule has 4 aromatic rings. The Morgan fingerprint density at radius 3 is 1.82 bits per heavy atom. The first-order chi connectivity index (χ1) is 22.9. The summed E-state index contributed by atoms with van der Waals surface area (Å²) >= 11 is 0. The normalized spacial score (nSPS) is 17.4. The quantitative estimate of drug-likeness (QED) is 0.170. The van der Waals surface area contributed by atoms with Gasteiger partial charge in [-0.15, -0.1) is 0 Å². The van der Waals surface area contributed by atoms with Crippen LogP contribution in [0.2, 0.25) is 0 Å². The number of ether oxygens (including phenoxy) is 1. The summed E-state index contributed by atoms with van der Waals surface area (Å²) in [5, 5.41) is 13.5. The molecule has 0 unspecified atom stereocenters. The van der Waals surface area contributed by atoms with Gasteiger partial charge < -0.3 is 9.84 Å². The molecule has 1 aliphatic rings. The first-order valence-electron chi connectivity index (χ1n) is 14.6. The van der Waals surface area contributed by atoms with E-state index in [-0.39, 0.29) is 23.5 Å². The summed E-state index contributed by atoms with van der Waals surface area (Å²) in [6.07, 6.45) is -15.0. The Balaban J connectivity index is 0.000000698. The molecule has 0 bridgehead atoms. The van der Waals surface area contributed by atoms with E-state index in [1.165, 1.54) is 0 Å². The molecule has 2 atom stereocenters. The van der Waals surface area contributed by atoms with E-state index in [9.17, 15) is 44.3 Å². The van der Waals surface area contributed by atoms with Crippen LogP contribution in [0.5, 0.6) is 0 Å². The highest BCUT2D eigenvalue weighted by molar-refractivity contribution is 5.73. The highest BCUT2D eigenvalue weighted by Gasteiger charge is 2.40. The molecule has 3 N–H and O–H groups in total. The van der Waals surface area contributed by atoms with Gasteiger partial charge in [0.25, 0.3) is 0 Å². The number of hydrogen-bond acceptors (Lipinski definition) is 5. The SMILES string of the molecule is O=C(O)C(F)(F)F.O=c1[nH]nc(CN2CC[C@@H](OCc3cc(C(F)(F)F)cc(C(F)(F)F)c3)[C@@H](C(c3ccccc3)c3ccccc3)C2)[nH]1. The molecule has 264 valence electrons. The lowest BCUT2D eigenvalue weighted by Crippen LogP contribution is -2.46. The smallest absolute Gasteiger partial charge is 0.475 e. The van der Waals surface area contributed by atoms with Crippen LogP contribution < -0.4 is 5.69 Å². The minimum Gasteiger partial charge on any atom is -0.475 e. The molecule has 3 aromatic carbocycles. The molecule has 0 spiro atoms. The molecule has 0 amide bonds. The summed E-state index contributed by atoms with van der Waals surface area (Å²) in [6, 6.07) is 20.9. The van der Waals surface area contributed by atoms with Crippen molar-refractivity contribution >= 4 is 5.97 Å². The van der Waals surface area contributed by atoms with Crippen molar-refractivity contribution in [3.8, 4) is 0 Å². The summed E-state index contributed by atoms with van der Waals surface area (Å²) in [5.41, 5.74) is -1.39. The Labute approximate surface area is 272 Å². The third kappa shape index (κ3) is 10.4. The zero-order valence-corrected chi connectivity index (χ0v) is 25.2. The van der Waals surface area contributed by atoms with Crippen molar-refractivity contribution in [2.24, 2.45) is 5.92 Å². The molecule has 1 fully saturated rings. The van der Waals surface area contributed by atoms with E-state index in [2.05, 4.69) is 20.1 Å². The summed E-state index contributed by atoms with van der Waals surface area (Å²) in [5.74, 6) is -2.72. The fourth-order valence-corrected chi connectivity index (χ4v) is 5.61. The third-order valence-corrected chi connectivity index (χ3v) is 7.70. The second kappa shape index (κ2) is 15.3. The van der Waals surface area contributed by atoms with Gasteiger partial charge in [-0.3, -0.25) is 9.88 Å². The molecule has 1 aromatic heterocycles. The molecule has 0 aliphatic carbocycles. The molecule has 17 heteroatoms. The number of aromatic nitrogens is 3. The number of aliphatic carboxylic acids is 1. The summed E-state index contributed by atoms with van der Waals surface area (Å²) < 4.78 is 119. The Morgan fingerprint density at radius 1 is 0.878 bits per heavy atom. The second-order valence-corrected chi connectivity index (χ2v) is 11.2. The minimum absolute atomic E-state index is 0.116. The van der Waals surface area contributed by atoms with Crippen molar-refractivity contribution in [1.82, 2.24) is 20.1 Å². The summed E-state index contributed by atoms with van der Waals surface area (Å²) in [4.78, 5) is 25.2. The number of piperidine rings is 1. The number of halogens is 9. The van der Waals surface area contributed by atoms with Gasteiger partial charge in [0.15, 0.2) is 0 Å². The fourth-order valence-electron chi connectivity index (χ4n) is 5.61. The van der Waals surface area contributed by atoms with Crippen LogP contribution >= 0.6 is 0 Å². The van der Waals surface area contributed by atoms with Crippen LogP contribution in [-0.4, -0.2) is 56.5 Å². The van der Waals surface area contributed by atoms with Crippen molar-refractivity contribution in [1.29, 1.82) is 0 Å². The van der Waals surface area contributed by atoms with Crippen LogP contribution in [0.3, 0.4) is 0 Å². The van der Waals surface area contributed by atoms with E-state index in [0.717, 1.165) is 11.1 Å². The molecule has 0 saturated carbocycles. The largest absolute Gasteiger partial charge is 0.490 e. The minimum atomic E-state index is -5.08. The molecule has 0 radical (unpaired) electrons. The maximum absolute atomic E-state index is 13.5. The number of carboxylic acids is 1. The number of alkyl halides is 9. The van der Waals surface area contributed by atoms with Gasteiger partial charge in [-0.1, -0.05) is 60.7 Å². The Hall–Kier alpha value is -4.64. The zero-order chi connectivity index (χ0) is 36.0. The van der Waals surface area contributed by atoms with Gasteiger partial charge in [-0.05, 0) is 41.3 Å². The number of carbonyl (C=O) groups is 1. The van der Waals surface area contributed by atoms with E-state index in [1.807, 2.05) is 60.7 Å². The Bertz CT molecular complexity index is 1650. The number of aromatic amines is 2. The number of nitrogens with one attached hydrogen (secondary N) is 2. The maximum atomic E-state index is 13.5. The summed E-state index contributed by atoms with van der Waals surface area (Å²) in [7, 11) is 0. The second-order valence-electron chi connectivity index (χ2n) is 11.2. The van der Waals surface area contributed by atoms with Gasteiger partial charge in [0, 0.05) is 24.9 Å². The molecule has 1 aliphatic heterocycles. The molecule has 2 heterocycles. The van der Waals surface area contributed by atoms with Gasteiger partial charge in [-0.25, -0.2) is 14.7 Å². The van der Waals surface area contributed by atoms with Gasteiger partial charge in [0.05, 0.1) is 30.4 Å². The van der Waals surface area contributed by atoms with E-state index >= 15 is 0 Å². The molecular weight excluding hydrogens is 675 g/mol. The highest BCUT2D eigenvalue weighted by Crippen LogP contribution is 2.40. The predicted molar refractivity (Wildman–Crippen MR) is 156 cm³/mol. The molecule has 1 saturated heterocycles. The van der Waals surface area contributed by atoms with Crippen molar-refractivity contribution < 1.29 is 54.2 Å². The van der Waals surface area contributed by atoms with E-state index in [4.69, 9.17) is 14.6 Å². The first kappa shape index (κ1) is 37.2. The van der Waals surface area contributed by atoms with Crippen LogP contribution in [0, 0.1) is 5.92 Å². The number of likely N-dealkylation sites (tertiary alicyclic amines) is 1. The lowest BCUT2D eigenvalue weighted by Gasteiger charge is -2.42. The number of carboxylic acid groups (broad SMARTS) is 1. The van der Waals surface area contributed by atoms with Crippen molar-refractivity contribution in [2.75, 3.05) is 13.1 Å². The average Bonchev–Trinajstić information content (AvgIpc) is 3.45. The average molecular weight is 705 g/mol. The highest BCUT2D eigenvalue weighted by atomic mass is 19.4. The van der Waals surface area contributed by atoms with Crippen molar-refractivity contribution in [2.45, 2.75) is 50.1 Å². The lowest BCUT2D eigenvalue weighted by atomic mass is 9.75. The van der Waals surface area contributed by atoms with Gasteiger partial charge in [-0.2, -0.15) is 44.6 Å². The molecule has 5 rings (SSSR count). The van der Waals surface area contributed by atoms with Crippen LogP contribution in [0.25, 0.3) is 0 Å². The lowest BCUT2D eigenvalue weighted by molar-refractivity contribution is -0.192.